The van der Waals surface area contributed by atoms with Crippen LogP contribution in [0.5, 0.6) is 0 Å². The predicted octanol–water partition coefficient (Wildman–Crippen LogP) is 2.58. The van der Waals surface area contributed by atoms with Crippen LogP contribution in [0.3, 0.4) is 0 Å². The van der Waals surface area contributed by atoms with Gasteiger partial charge in [0.25, 0.3) is 0 Å². The Kier molecular flexibility index (Phi) is 2.92. The molecule has 0 radical (unpaired) electrons. The molecule has 2 aliphatic rings. The van der Waals surface area contributed by atoms with Crippen molar-refractivity contribution in [3.05, 3.63) is 22.4 Å². The van der Waals surface area contributed by atoms with Crippen molar-refractivity contribution in [2.75, 3.05) is 0 Å². The fraction of sp³-hybridized carbons (Fsp3) is 0.615. The summed E-state index contributed by atoms with van der Waals surface area (Å²) in [7, 11) is 0. The third kappa shape index (κ3) is 2.53. The maximum absolute atomic E-state index is 11.4. The van der Waals surface area contributed by atoms with Crippen LogP contribution in [-0.2, 0) is 11.3 Å². The molecule has 1 heterocycles. The number of rotatable bonds is 6. The van der Waals surface area contributed by atoms with Gasteiger partial charge in [-0.05, 0) is 54.0 Å². The molecule has 1 aromatic rings. The van der Waals surface area contributed by atoms with Crippen LogP contribution in [0.25, 0.3) is 0 Å². The van der Waals surface area contributed by atoms with Gasteiger partial charge in [0.05, 0.1) is 0 Å². The Labute approximate surface area is 105 Å². The minimum atomic E-state index is -0.630. The number of carboxylic acids is 1. The molecule has 2 fully saturated rings. The van der Waals surface area contributed by atoms with E-state index in [0.29, 0.717) is 12.0 Å². The van der Waals surface area contributed by atoms with Gasteiger partial charge in [-0.3, -0.25) is 9.69 Å². The van der Waals surface area contributed by atoms with Crippen molar-refractivity contribution in [3.63, 3.8) is 0 Å². The largest absolute Gasteiger partial charge is 0.480 e. The molecule has 2 aliphatic carbocycles. The quantitative estimate of drug-likeness (QED) is 0.844. The van der Waals surface area contributed by atoms with Crippen molar-refractivity contribution < 1.29 is 9.90 Å². The topological polar surface area (TPSA) is 40.5 Å². The average Bonchev–Trinajstić information content (AvgIpc) is 3.18. The first-order chi connectivity index (χ1) is 8.25. The minimum absolute atomic E-state index is 0.248. The number of nitrogens with zero attached hydrogens (tertiary/aromatic N) is 1. The van der Waals surface area contributed by atoms with E-state index in [0.717, 1.165) is 19.4 Å². The molecule has 1 unspecified atom stereocenters. The van der Waals surface area contributed by atoms with E-state index < -0.39 is 5.97 Å². The summed E-state index contributed by atoms with van der Waals surface area (Å²) in [4.78, 5) is 13.7. The maximum Gasteiger partial charge on any atom is 0.321 e. The predicted molar refractivity (Wildman–Crippen MR) is 67.0 cm³/mol. The van der Waals surface area contributed by atoms with Crippen molar-refractivity contribution in [2.45, 2.75) is 44.3 Å². The summed E-state index contributed by atoms with van der Waals surface area (Å²) in [5, 5.41) is 13.6. The van der Waals surface area contributed by atoms with E-state index in [1.165, 1.54) is 18.4 Å². The van der Waals surface area contributed by atoms with Crippen LogP contribution in [0, 0.1) is 5.92 Å². The molecule has 0 spiro atoms. The van der Waals surface area contributed by atoms with Crippen LogP contribution in [0.4, 0.5) is 0 Å². The summed E-state index contributed by atoms with van der Waals surface area (Å²) in [6.07, 6.45) is 4.51. The van der Waals surface area contributed by atoms with Crippen molar-refractivity contribution in [3.8, 4) is 0 Å². The Morgan fingerprint density at radius 3 is 2.71 bits per heavy atom. The number of aliphatic carboxylic acids is 1. The summed E-state index contributed by atoms with van der Waals surface area (Å²) < 4.78 is 0. The highest BCUT2D eigenvalue weighted by Crippen LogP contribution is 2.40. The fourth-order valence-corrected chi connectivity index (χ4v) is 3.14. The molecule has 3 nitrogen and oxygen atoms in total. The average molecular weight is 251 g/mol. The Hall–Kier alpha value is -0.870. The molecule has 4 heteroatoms. The Morgan fingerprint density at radius 1 is 1.47 bits per heavy atom. The van der Waals surface area contributed by atoms with Gasteiger partial charge in [0.1, 0.15) is 6.04 Å². The van der Waals surface area contributed by atoms with E-state index in [4.69, 9.17) is 0 Å². The number of carboxylic acid groups (broad SMARTS) is 1. The van der Waals surface area contributed by atoms with Crippen LogP contribution in [0.1, 0.15) is 31.2 Å². The Bertz CT molecular complexity index is 396. The summed E-state index contributed by atoms with van der Waals surface area (Å²) in [5.41, 5.74) is 1.26. The van der Waals surface area contributed by atoms with Crippen LogP contribution >= 0.6 is 11.3 Å². The van der Waals surface area contributed by atoms with Crippen molar-refractivity contribution in [1.82, 2.24) is 4.90 Å². The molecular weight excluding hydrogens is 234 g/mol. The van der Waals surface area contributed by atoms with Gasteiger partial charge in [-0.2, -0.15) is 11.3 Å². The zero-order valence-corrected chi connectivity index (χ0v) is 10.5. The zero-order chi connectivity index (χ0) is 11.8. The lowest BCUT2D eigenvalue weighted by Crippen LogP contribution is -2.43. The van der Waals surface area contributed by atoms with Crippen LogP contribution in [0.2, 0.25) is 0 Å². The van der Waals surface area contributed by atoms with Crippen LogP contribution < -0.4 is 0 Å². The molecule has 1 N–H and O–H groups in total. The van der Waals surface area contributed by atoms with Gasteiger partial charge in [-0.1, -0.05) is 0 Å². The fourth-order valence-electron chi connectivity index (χ4n) is 2.48. The molecule has 0 amide bonds. The SMILES string of the molecule is O=C(O)C(C1CC1)N(Cc1ccsc1)C1CC1. The van der Waals surface area contributed by atoms with Crippen molar-refractivity contribution in [1.29, 1.82) is 0 Å². The van der Waals surface area contributed by atoms with Gasteiger partial charge >= 0.3 is 5.97 Å². The second kappa shape index (κ2) is 4.42. The van der Waals surface area contributed by atoms with Gasteiger partial charge < -0.3 is 5.11 Å². The first kappa shape index (κ1) is 11.2. The summed E-state index contributed by atoms with van der Waals surface area (Å²) in [5.74, 6) is -0.235. The van der Waals surface area contributed by atoms with E-state index in [-0.39, 0.29) is 6.04 Å². The third-order valence-corrected chi connectivity index (χ3v) is 4.37. The highest BCUT2D eigenvalue weighted by atomic mass is 32.1. The molecule has 17 heavy (non-hydrogen) atoms. The van der Waals surface area contributed by atoms with Gasteiger partial charge in [-0.15, -0.1) is 0 Å². The monoisotopic (exact) mass is 251 g/mol. The second-order valence-electron chi connectivity index (χ2n) is 5.16. The molecule has 0 bridgehead atoms. The summed E-state index contributed by atoms with van der Waals surface area (Å²) in [6, 6.07) is 2.37. The van der Waals surface area contributed by atoms with E-state index in [2.05, 4.69) is 21.7 Å². The van der Waals surface area contributed by atoms with E-state index in [1.54, 1.807) is 11.3 Å². The van der Waals surface area contributed by atoms with E-state index >= 15 is 0 Å². The number of carbonyl (C=O) groups is 1. The molecule has 2 saturated carbocycles. The normalized spacial score (nSPS) is 21.7. The highest BCUT2D eigenvalue weighted by Gasteiger charge is 2.45. The smallest absolute Gasteiger partial charge is 0.321 e. The zero-order valence-electron chi connectivity index (χ0n) is 9.71. The molecule has 0 aromatic carbocycles. The standard InChI is InChI=1S/C13H17NO2S/c15-13(16)12(10-1-2-10)14(11-3-4-11)7-9-5-6-17-8-9/h5-6,8,10-12H,1-4,7H2,(H,15,16). The molecule has 0 saturated heterocycles. The first-order valence-corrected chi connectivity index (χ1v) is 7.19. The lowest BCUT2D eigenvalue weighted by molar-refractivity contribution is -0.144. The van der Waals surface area contributed by atoms with Crippen LogP contribution in [-0.4, -0.2) is 28.1 Å². The molecule has 92 valence electrons. The van der Waals surface area contributed by atoms with Gasteiger partial charge in [0.15, 0.2) is 0 Å². The second-order valence-corrected chi connectivity index (χ2v) is 5.94. The van der Waals surface area contributed by atoms with Gasteiger partial charge in [-0.25, -0.2) is 0 Å². The lowest BCUT2D eigenvalue weighted by Gasteiger charge is -2.28. The third-order valence-electron chi connectivity index (χ3n) is 3.64. The molecular formula is C13H17NO2S. The maximum atomic E-state index is 11.4. The first-order valence-electron chi connectivity index (χ1n) is 6.25. The molecule has 1 atom stereocenters. The number of hydrogen-bond acceptors (Lipinski definition) is 3. The lowest BCUT2D eigenvalue weighted by atomic mass is 10.1. The number of hydrogen-bond donors (Lipinski definition) is 1. The van der Waals surface area contributed by atoms with Gasteiger partial charge in [0, 0.05) is 12.6 Å². The summed E-state index contributed by atoms with van der Waals surface area (Å²) >= 11 is 1.68. The minimum Gasteiger partial charge on any atom is -0.480 e. The molecule has 0 aliphatic heterocycles. The Balaban J connectivity index is 1.76. The number of thiophene rings is 1. The Morgan fingerprint density at radius 2 is 2.24 bits per heavy atom. The molecule has 3 rings (SSSR count). The molecule has 1 aromatic heterocycles. The highest BCUT2D eigenvalue weighted by molar-refractivity contribution is 7.07. The van der Waals surface area contributed by atoms with Gasteiger partial charge in [0.2, 0.25) is 0 Å². The van der Waals surface area contributed by atoms with Crippen molar-refractivity contribution >= 4 is 17.3 Å². The van der Waals surface area contributed by atoms with Crippen LogP contribution in [0.15, 0.2) is 16.8 Å². The summed E-state index contributed by atoms with van der Waals surface area (Å²) in [6.45, 7) is 0.807. The van der Waals surface area contributed by atoms with Crippen molar-refractivity contribution in [2.24, 2.45) is 5.92 Å². The van der Waals surface area contributed by atoms with E-state index in [9.17, 15) is 9.90 Å². The van der Waals surface area contributed by atoms with E-state index in [1.807, 2.05) is 0 Å².